The second-order valence-corrected chi connectivity index (χ2v) is 0.959. The zero-order chi connectivity index (χ0) is 6.24. The van der Waals surface area contributed by atoms with Gasteiger partial charge in [-0.05, 0) is 0 Å². The van der Waals surface area contributed by atoms with Crippen molar-refractivity contribution in [2.45, 2.75) is 0 Å². The first kappa shape index (κ1) is 12.2. The van der Waals surface area contributed by atoms with Crippen LogP contribution in [0, 0.1) is 6.20 Å². The fourth-order valence-electron chi connectivity index (χ4n) is 0.277. The van der Waals surface area contributed by atoms with Crippen molar-refractivity contribution < 1.29 is 17.3 Å². The Kier molecular flexibility index (Phi) is 15.4. The second kappa shape index (κ2) is 11.4. The van der Waals surface area contributed by atoms with E-state index in [0.29, 0.717) is 0 Å². The molecule has 1 nitrogen and oxygen atoms in total. The first-order valence-electron chi connectivity index (χ1n) is 2.04. The third-order valence-corrected chi connectivity index (χ3v) is 0.517. The molecule has 1 rings (SSSR count). The molecule has 4 heteroatoms. The molecule has 0 bridgehead atoms. The molecule has 1 aromatic rings. The van der Waals surface area contributed by atoms with Crippen LogP contribution in [0.3, 0.4) is 0 Å². The van der Waals surface area contributed by atoms with E-state index in [1.54, 1.807) is 12.3 Å². The van der Waals surface area contributed by atoms with Crippen LogP contribution in [0.4, 0.5) is 0 Å². The maximum Gasteiger partial charge on any atom is -0.0813 e. The molecule has 0 atom stereocenters. The van der Waals surface area contributed by atoms with E-state index >= 15 is 0 Å². The topological polar surface area (TPSA) is 12.9 Å². The van der Waals surface area contributed by atoms with Gasteiger partial charge in [-0.2, -0.15) is 18.2 Å². The minimum Gasteiger partial charge on any atom is -0.394 e. The van der Waals surface area contributed by atoms with Crippen molar-refractivity contribution in [1.29, 1.82) is 0 Å². The van der Waals surface area contributed by atoms with Gasteiger partial charge in [0.15, 0.2) is 0 Å². The summed E-state index contributed by atoms with van der Waals surface area (Å²) in [6, 6.07) is 5.50. The molecule has 0 radical (unpaired) electrons. The molecule has 1 aromatic heterocycles. The van der Waals surface area contributed by atoms with Crippen molar-refractivity contribution in [3.05, 3.63) is 30.6 Å². The van der Waals surface area contributed by atoms with Gasteiger partial charge in [0.05, 0.1) is 0 Å². The van der Waals surface area contributed by atoms with E-state index in [-0.39, 0.29) is 17.0 Å². The van der Waals surface area contributed by atoms with Crippen molar-refractivity contribution in [2.24, 2.45) is 0 Å². The number of halogens is 2. The molecule has 0 spiro atoms. The molecule has 1 heterocycles. The van der Waals surface area contributed by atoms with Crippen LogP contribution < -0.4 is 0 Å². The predicted octanol–water partition coefficient (Wildman–Crippen LogP) is 2.15. The van der Waals surface area contributed by atoms with Gasteiger partial charge >= 0.3 is 27.0 Å². The van der Waals surface area contributed by atoms with Gasteiger partial charge in [-0.1, -0.05) is 12.4 Å². The van der Waals surface area contributed by atoms with E-state index in [9.17, 15) is 0 Å². The number of hydrogen-bond acceptors (Lipinski definition) is 1. The molecule has 0 saturated carbocycles. The van der Waals surface area contributed by atoms with E-state index in [1.807, 2.05) is 12.1 Å². The molecule has 0 fully saturated rings. The van der Waals surface area contributed by atoms with Crippen molar-refractivity contribution in [1.82, 2.24) is 4.98 Å². The summed E-state index contributed by atoms with van der Waals surface area (Å²) >= 11 is 0.847. The number of nitrogens with zero attached hydrogens (tertiary/aromatic N) is 1. The summed E-state index contributed by atoms with van der Waals surface area (Å²) in [7, 11) is 4.76. The monoisotopic (exact) mass is 257 g/mol. The van der Waals surface area contributed by atoms with Gasteiger partial charge in [0.2, 0.25) is 0 Å². The quantitative estimate of drug-likeness (QED) is 0.514. The summed E-state index contributed by atoms with van der Waals surface area (Å²) in [6.45, 7) is 0. The number of aromatic nitrogens is 1. The number of rotatable bonds is 0. The van der Waals surface area contributed by atoms with Crippen molar-refractivity contribution >= 4 is 26.7 Å². The molecule has 9 heavy (non-hydrogen) atoms. The standard InChI is InChI=1S/C5H4N.BrH.ClH.Zn/c1-2-4-6-5-3-1;;;/h1-4H;2*1H;/q-1;;;+2/p-1. The molecular formula is C5H5BrClNZn. The molecule has 0 aliphatic heterocycles. The maximum absolute atomic E-state index is 4.76. The molecule has 0 N–H and O–H groups in total. The number of hydrogen-bond donors (Lipinski definition) is 0. The SMILES string of the molecule is Br.[Cl][Zn+].[c-]1ccccn1. The van der Waals surface area contributed by atoms with Crippen LogP contribution in [0.1, 0.15) is 0 Å². The van der Waals surface area contributed by atoms with Crippen LogP contribution in [-0.4, -0.2) is 4.98 Å². The Hall–Kier alpha value is 0.543. The zero-order valence-electron chi connectivity index (χ0n) is 4.75. The molecule has 46 valence electrons. The van der Waals surface area contributed by atoms with Crippen LogP contribution in [-0.2, 0) is 17.3 Å². The Morgan fingerprint density at radius 2 is 2.00 bits per heavy atom. The van der Waals surface area contributed by atoms with Gasteiger partial charge in [0, 0.05) is 0 Å². The summed E-state index contributed by atoms with van der Waals surface area (Å²) in [4.78, 5) is 3.66. The third-order valence-electron chi connectivity index (χ3n) is 0.517. The Morgan fingerprint density at radius 3 is 2.11 bits per heavy atom. The normalized spacial score (nSPS) is 6.11. The smallest absolute Gasteiger partial charge is 0.0813 e. The summed E-state index contributed by atoms with van der Waals surface area (Å²) in [5.74, 6) is 0. The summed E-state index contributed by atoms with van der Waals surface area (Å²) in [6.07, 6.45) is 4.34. The van der Waals surface area contributed by atoms with Crippen molar-refractivity contribution in [3.63, 3.8) is 0 Å². The molecule has 0 aliphatic rings. The van der Waals surface area contributed by atoms with Crippen LogP contribution in [0.25, 0.3) is 0 Å². The van der Waals surface area contributed by atoms with E-state index in [1.165, 1.54) is 0 Å². The summed E-state index contributed by atoms with van der Waals surface area (Å²) < 4.78 is 0. The largest absolute Gasteiger partial charge is 0.394 e. The predicted molar refractivity (Wildman–Crippen MR) is 39.2 cm³/mol. The minimum atomic E-state index is 0. The zero-order valence-corrected chi connectivity index (χ0v) is 10.2. The second-order valence-electron chi connectivity index (χ2n) is 0.959. The van der Waals surface area contributed by atoms with Gasteiger partial charge < -0.3 is 4.98 Å². The van der Waals surface area contributed by atoms with E-state index < -0.39 is 0 Å². The summed E-state index contributed by atoms with van der Waals surface area (Å²) in [5.41, 5.74) is 0. The Balaban J connectivity index is 0. The van der Waals surface area contributed by atoms with Gasteiger partial charge in [0.25, 0.3) is 0 Å². The van der Waals surface area contributed by atoms with Gasteiger partial charge in [-0.25, -0.2) is 0 Å². The Bertz CT molecular complexity index is 88.9. The maximum atomic E-state index is 4.76. The molecular weight excluding hydrogens is 255 g/mol. The van der Waals surface area contributed by atoms with Gasteiger partial charge in [-0.15, -0.1) is 17.0 Å². The first-order chi connectivity index (χ1) is 4.00. The molecule has 0 amide bonds. The van der Waals surface area contributed by atoms with Gasteiger partial charge in [-0.3, -0.25) is 0 Å². The Labute approximate surface area is 79.3 Å². The van der Waals surface area contributed by atoms with E-state index in [0.717, 1.165) is 17.3 Å². The molecule has 0 unspecified atom stereocenters. The minimum absolute atomic E-state index is 0. The van der Waals surface area contributed by atoms with Crippen LogP contribution >= 0.6 is 26.7 Å². The van der Waals surface area contributed by atoms with Crippen LogP contribution in [0.15, 0.2) is 24.4 Å². The van der Waals surface area contributed by atoms with E-state index in [4.69, 9.17) is 9.69 Å². The average molecular weight is 260 g/mol. The summed E-state index contributed by atoms with van der Waals surface area (Å²) in [5, 5.41) is 0. The van der Waals surface area contributed by atoms with E-state index in [2.05, 4.69) is 11.2 Å². The molecule has 0 aromatic carbocycles. The average Bonchev–Trinajstić information content (AvgIpc) is 1.96. The van der Waals surface area contributed by atoms with Crippen molar-refractivity contribution in [2.75, 3.05) is 0 Å². The third kappa shape index (κ3) is 8.54. The van der Waals surface area contributed by atoms with Crippen LogP contribution in [0.2, 0.25) is 0 Å². The first-order valence-corrected chi connectivity index (χ1v) is 5.94. The van der Waals surface area contributed by atoms with Crippen LogP contribution in [0.5, 0.6) is 0 Å². The Morgan fingerprint density at radius 1 is 1.33 bits per heavy atom. The fraction of sp³-hybridized carbons (Fsp3) is 0. The molecule has 0 aliphatic carbocycles. The van der Waals surface area contributed by atoms with Crippen molar-refractivity contribution in [3.8, 4) is 0 Å². The fourth-order valence-corrected chi connectivity index (χ4v) is 0.277. The number of pyridine rings is 1. The molecule has 0 saturated heterocycles. The van der Waals surface area contributed by atoms with Gasteiger partial charge in [0.1, 0.15) is 0 Å².